The number of amidine groups is 1. The fourth-order valence-corrected chi connectivity index (χ4v) is 3.08. The van der Waals surface area contributed by atoms with E-state index in [1.165, 1.54) is 31.3 Å². The Morgan fingerprint density at radius 3 is 2.67 bits per heavy atom. The molecule has 1 heterocycles. The largest absolute Gasteiger partial charge is 0.416 e. The number of carbonyl (C=O) groups excluding carboxylic acids is 1. The van der Waals surface area contributed by atoms with Crippen molar-refractivity contribution in [1.29, 1.82) is 5.26 Å². The fourth-order valence-electron chi connectivity index (χ4n) is 3.08. The summed E-state index contributed by atoms with van der Waals surface area (Å²) < 4.78 is 40.1. The Bertz CT molecular complexity index is 1130. The number of aliphatic imine (C=N–C) groups is 2. The van der Waals surface area contributed by atoms with Gasteiger partial charge in [-0.2, -0.15) is 18.4 Å². The van der Waals surface area contributed by atoms with E-state index in [1.807, 2.05) is 6.07 Å². The van der Waals surface area contributed by atoms with Crippen molar-refractivity contribution in [1.82, 2.24) is 10.3 Å². The van der Waals surface area contributed by atoms with Crippen molar-refractivity contribution in [2.45, 2.75) is 44.0 Å². The van der Waals surface area contributed by atoms with Crippen LogP contribution in [0.15, 0.2) is 46.5 Å². The van der Waals surface area contributed by atoms with Gasteiger partial charge >= 0.3 is 6.18 Å². The highest BCUT2D eigenvalue weighted by atomic mass is 19.4. The van der Waals surface area contributed by atoms with Crippen LogP contribution in [0.3, 0.4) is 0 Å². The number of rotatable bonds is 6. The van der Waals surface area contributed by atoms with Crippen molar-refractivity contribution in [2.75, 3.05) is 0 Å². The number of aliphatic hydroxyl groups is 1. The highest BCUT2D eigenvalue weighted by Gasteiger charge is 2.41. The summed E-state index contributed by atoms with van der Waals surface area (Å²) in [5.74, 6) is -0.511. The molecule has 2 aromatic rings. The summed E-state index contributed by atoms with van der Waals surface area (Å²) in [5.41, 5.74) is 3.71. The van der Waals surface area contributed by atoms with Crippen LogP contribution < -0.4 is 11.1 Å². The first-order valence-electron chi connectivity index (χ1n) is 9.96. The van der Waals surface area contributed by atoms with Crippen LogP contribution in [-0.2, 0) is 12.6 Å². The fraction of sp³-hybridized carbons (Fsp3) is 0.318. The number of nitrogens with two attached hydrogens (primary N) is 1. The van der Waals surface area contributed by atoms with Crippen molar-refractivity contribution in [3.05, 3.63) is 58.8 Å². The first-order valence-corrected chi connectivity index (χ1v) is 9.96. The minimum Gasteiger partial charge on any atom is -0.390 e. The lowest BCUT2D eigenvalue weighted by molar-refractivity contribution is -0.137. The number of aromatic nitrogens is 1. The molecule has 1 aromatic carbocycles. The van der Waals surface area contributed by atoms with E-state index in [-0.39, 0.29) is 29.2 Å². The SMILES string of the molecule is CC(NC(=O)c1cc(CC2(O)CC2)cc(C(F)(F)F)c1)C(N=CN)=Nc1ccc(C#N)cn1. The van der Waals surface area contributed by atoms with E-state index in [4.69, 9.17) is 11.0 Å². The maximum Gasteiger partial charge on any atom is 0.416 e. The van der Waals surface area contributed by atoms with E-state index >= 15 is 0 Å². The molecule has 3 rings (SSSR count). The van der Waals surface area contributed by atoms with Crippen molar-refractivity contribution in [3.8, 4) is 6.07 Å². The number of alkyl halides is 3. The second-order valence-electron chi connectivity index (χ2n) is 7.78. The number of hydrogen-bond donors (Lipinski definition) is 3. The van der Waals surface area contributed by atoms with Crippen LogP contribution in [-0.4, -0.2) is 39.8 Å². The molecule has 8 nitrogen and oxygen atoms in total. The van der Waals surface area contributed by atoms with Gasteiger partial charge in [0.1, 0.15) is 6.07 Å². The Balaban J connectivity index is 1.85. The maximum absolute atomic E-state index is 13.4. The Morgan fingerprint density at radius 2 is 2.12 bits per heavy atom. The maximum atomic E-state index is 13.4. The van der Waals surface area contributed by atoms with Crippen LogP contribution in [0, 0.1) is 11.3 Å². The van der Waals surface area contributed by atoms with Gasteiger partial charge in [-0.05, 0) is 55.7 Å². The van der Waals surface area contributed by atoms with Gasteiger partial charge in [0.05, 0.1) is 29.1 Å². The van der Waals surface area contributed by atoms with Crippen molar-refractivity contribution in [2.24, 2.45) is 15.7 Å². The van der Waals surface area contributed by atoms with Gasteiger partial charge in [0, 0.05) is 18.2 Å². The Morgan fingerprint density at radius 1 is 1.39 bits per heavy atom. The minimum absolute atomic E-state index is 0.0291. The number of benzene rings is 1. The van der Waals surface area contributed by atoms with Crippen molar-refractivity contribution >= 4 is 23.9 Å². The summed E-state index contributed by atoms with van der Waals surface area (Å²) in [4.78, 5) is 24.9. The molecule has 0 spiro atoms. The summed E-state index contributed by atoms with van der Waals surface area (Å²) in [7, 11) is 0. The van der Waals surface area contributed by atoms with Crippen LogP contribution in [0.4, 0.5) is 19.0 Å². The zero-order valence-corrected chi connectivity index (χ0v) is 17.6. The summed E-state index contributed by atoms with van der Waals surface area (Å²) in [6.45, 7) is 1.54. The van der Waals surface area contributed by atoms with Crippen LogP contribution in [0.1, 0.15) is 46.8 Å². The van der Waals surface area contributed by atoms with Gasteiger partial charge in [-0.3, -0.25) is 4.79 Å². The highest BCUT2D eigenvalue weighted by molar-refractivity contribution is 6.01. The summed E-state index contributed by atoms with van der Waals surface area (Å²) >= 11 is 0. The van der Waals surface area contributed by atoms with Gasteiger partial charge in [0.2, 0.25) is 0 Å². The lowest BCUT2D eigenvalue weighted by atomic mass is 9.99. The molecule has 0 bridgehead atoms. The number of nitrogens with zero attached hydrogens (tertiary/aromatic N) is 4. The Labute approximate surface area is 187 Å². The molecule has 1 fully saturated rings. The molecule has 1 aliphatic rings. The highest BCUT2D eigenvalue weighted by Crippen LogP contribution is 2.39. The molecule has 4 N–H and O–H groups in total. The molecule has 11 heteroatoms. The van der Waals surface area contributed by atoms with Crippen LogP contribution in [0.2, 0.25) is 0 Å². The zero-order valence-electron chi connectivity index (χ0n) is 17.6. The summed E-state index contributed by atoms with van der Waals surface area (Å²) in [6.07, 6.45) is -1.35. The third-order valence-electron chi connectivity index (χ3n) is 4.99. The average Bonchev–Trinajstić information content (AvgIpc) is 3.49. The molecule has 1 atom stereocenters. The van der Waals surface area contributed by atoms with Gasteiger partial charge in [0.25, 0.3) is 5.91 Å². The minimum atomic E-state index is -4.65. The molecule has 1 aromatic heterocycles. The number of carbonyl (C=O) groups is 1. The van der Waals surface area contributed by atoms with Gasteiger partial charge in [-0.25, -0.2) is 15.0 Å². The summed E-state index contributed by atoms with van der Waals surface area (Å²) in [5, 5.41) is 21.5. The number of nitriles is 1. The molecule has 33 heavy (non-hydrogen) atoms. The first kappa shape index (κ1) is 23.9. The zero-order chi connectivity index (χ0) is 24.2. The third kappa shape index (κ3) is 6.36. The molecule has 1 unspecified atom stereocenters. The van der Waals surface area contributed by atoms with E-state index in [0.29, 0.717) is 18.4 Å². The van der Waals surface area contributed by atoms with Gasteiger partial charge < -0.3 is 16.2 Å². The molecule has 1 saturated carbocycles. The molecule has 1 aliphatic carbocycles. The smallest absolute Gasteiger partial charge is 0.390 e. The van der Waals surface area contributed by atoms with Crippen LogP contribution in [0.25, 0.3) is 0 Å². The van der Waals surface area contributed by atoms with E-state index < -0.39 is 29.3 Å². The predicted octanol–water partition coefficient (Wildman–Crippen LogP) is 2.87. The number of nitrogens with one attached hydrogen (secondary N) is 1. The molecular weight excluding hydrogens is 437 g/mol. The predicted molar refractivity (Wildman–Crippen MR) is 115 cm³/mol. The van der Waals surface area contributed by atoms with Crippen LogP contribution >= 0.6 is 0 Å². The quantitative estimate of drug-likeness (QED) is 0.452. The number of pyridine rings is 1. The van der Waals surface area contributed by atoms with Crippen molar-refractivity contribution < 1.29 is 23.1 Å². The standard InChI is InChI=1S/C22H21F3N6O2/c1-13(19(29-12-27)31-18-3-2-14(10-26)11-28-18)30-20(32)16-6-15(9-21(33)4-5-21)7-17(8-16)22(23,24)25/h2-3,6-8,11-13,33H,4-5,9H2,1H3,(H,30,32)(H2,27,28,29,31). The molecule has 0 radical (unpaired) electrons. The first-order chi connectivity index (χ1) is 15.5. The van der Waals surface area contributed by atoms with E-state index in [9.17, 15) is 23.1 Å². The second kappa shape index (κ2) is 9.38. The molecule has 172 valence electrons. The second-order valence-corrected chi connectivity index (χ2v) is 7.78. The normalized spacial score (nSPS) is 16.3. The van der Waals surface area contributed by atoms with Crippen molar-refractivity contribution in [3.63, 3.8) is 0 Å². The van der Waals surface area contributed by atoms with Gasteiger partial charge in [0.15, 0.2) is 11.7 Å². The summed E-state index contributed by atoms with van der Waals surface area (Å²) in [6, 6.07) is 7.09. The lowest BCUT2D eigenvalue weighted by Crippen LogP contribution is -2.38. The van der Waals surface area contributed by atoms with E-state index in [0.717, 1.165) is 18.5 Å². The van der Waals surface area contributed by atoms with E-state index in [1.54, 1.807) is 0 Å². The Hall–Kier alpha value is -3.78. The molecule has 0 saturated heterocycles. The van der Waals surface area contributed by atoms with E-state index in [2.05, 4.69) is 20.3 Å². The number of amides is 1. The molecule has 1 amide bonds. The topological polar surface area (TPSA) is 137 Å². The monoisotopic (exact) mass is 458 g/mol. The number of hydrogen-bond acceptors (Lipinski definition) is 5. The lowest BCUT2D eigenvalue weighted by Gasteiger charge is -2.17. The van der Waals surface area contributed by atoms with Crippen LogP contribution in [0.5, 0.6) is 0 Å². The van der Waals surface area contributed by atoms with Gasteiger partial charge in [-0.15, -0.1) is 0 Å². The Kier molecular flexibility index (Phi) is 6.78. The number of halogens is 3. The molecular formula is C22H21F3N6O2. The third-order valence-corrected chi connectivity index (χ3v) is 4.99. The average molecular weight is 458 g/mol. The van der Waals surface area contributed by atoms with Gasteiger partial charge in [-0.1, -0.05) is 0 Å². The molecule has 0 aliphatic heterocycles.